The first-order chi connectivity index (χ1) is 12.5. The quantitative estimate of drug-likeness (QED) is 0.628. The number of H-pyrrole nitrogens is 1. The normalized spacial score (nSPS) is 11.8. The van der Waals surface area contributed by atoms with Crippen LogP contribution in [0.25, 0.3) is 10.9 Å². The number of ether oxygens (including phenoxy) is 1. The Balaban J connectivity index is 1.61. The predicted octanol–water partition coefficient (Wildman–Crippen LogP) is 2.41. The van der Waals surface area contributed by atoms with Crippen molar-refractivity contribution in [3.63, 3.8) is 0 Å². The Kier molecular flexibility index (Phi) is 4.88. The first-order valence-electron chi connectivity index (χ1n) is 8.23. The number of fused-ring (bicyclic) bond motifs is 1. The molecule has 0 unspecified atom stereocenters. The van der Waals surface area contributed by atoms with Gasteiger partial charge in [-0.1, -0.05) is 30.3 Å². The van der Waals surface area contributed by atoms with Crippen LogP contribution in [0.1, 0.15) is 28.5 Å². The highest BCUT2D eigenvalue weighted by Crippen LogP contribution is 2.21. The third-order valence-corrected chi connectivity index (χ3v) is 4.21. The van der Waals surface area contributed by atoms with Gasteiger partial charge < -0.3 is 4.74 Å². The molecule has 2 amide bonds. The van der Waals surface area contributed by atoms with Crippen molar-refractivity contribution in [1.29, 1.82) is 0 Å². The molecule has 0 fully saturated rings. The van der Waals surface area contributed by atoms with Crippen LogP contribution in [-0.4, -0.2) is 28.1 Å². The number of nitrogens with zero attached hydrogens (tertiary/aromatic N) is 1. The molecule has 0 bridgehead atoms. The highest BCUT2D eigenvalue weighted by Gasteiger charge is 2.19. The number of nitrogens with one attached hydrogen (secondary N) is 3. The van der Waals surface area contributed by atoms with Gasteiger partial charge in [0.25, 0.3) is 11.8 Å². The fraction of sp³-hybridized carbons (Fsp3) is 0.211. The molecule has 1 heterocycles. The van der Waals surface area contributed by atoms with Crippen molar-refractivity contribution >= 4 is 22.7 Å². The number of aromatic amines is 1. The molecule has 1 atom stereocenters. The number of carbonyl (C=O) groups is 2. The maximum atomic E-state index is 12.3. The van der Waals surface area contributed by atoms with Crippen molar-refractivity contribution in [2.75, 3.05) is 0 Å². The van der Waals surface area contributed by atoms with Gasteiger partial charge in [0.1, 0.15) is 5.75 Å². The smallest absolute Gasteiger partial charge is 0.290 e. The Bertz CT molecular complexity index is 964. The van der Waals surface area contributed by atoms with E-state index in [4.69, 9.17) is 4.74 Å². The molecular weight excluding hydrogens is 332 g/mol. The van der Waals surface area contributed by atoms with Gasteiger partial charge in [0.15, 0.2) is 11.8 Å². The zero-order valence-corrected chi connectivity index (χ0v) is 14.8. The Morgan fingerprint density at radius 3 is 2.65 bits per heavy atom. The summed E-state index contributed by atoms with van der Waals surface area (Å²) >= 11 is 0. The van der Waals surface area contributed by atoms with Crippen molar-refractivity contribution in [3.8, 4) is 5.75 Å². The molecule has 0 aliphatic carbocycles. The zero-order chi connectivity index (χ0) is 18.7. The average molecular weight is 352 g/mol. The van der Waals surface area contributed by atoms with E-state index in [0.717, 1.165) is 16.6 Å². The number of aromatic nitrogens is 2. The summed E-state index contributed by atoms with van der Waals surface area (Å²) in [7, 11) is 0. The number of benzene rings is 2. The van der Waals surface area contributed by atoms with Crippen LogP contribution in [0, 0.1) is 13.8 Å². The number of aryl methyl sites for hydroxylation is 1. The highest BCUT2D eigenvalue weighted by atomic mass is 16.5. The average Bonchev–Trinajstić information content (AvgIpc) is 3.07. The summed E-state index contributed by atoms with van der Waals surface area (Å²) < 4.78 is 5.70. The van der Waals surface area contributed by atoms with E-state index in [1.807, 2.05) is 44.2 Å². The van der Waals surface area contributed by atoms with Crippen molar-refractivity contribution in [2.45, 2.75) is 26.9 Å². The van der Waals surface area contributed by atoms with Gasteiger partial charge in [0.2, 0.25) is 0 Å². The van der Waals surface area contributed by atoms with Gasteiger partial charge >= 0.3 is 0 Å². The number of carbonyl (C=O) groups excluding carboxylic acids is 2. The van der Waals surface area contributed by atoms with Gasteiger partial charge in [-0.15, -0.1) is 0 Å². The fourth-order valence-electron chi connectivity index (χ4n) is 2.51. The second-order valence-electron chi connectivity index (χ2n) is 6.02. The van der Waals surface area contributed by atoms with E-state index in [0.29, 0.717) is 11.1 Å². The molecule has 7 heteroatoms. The number of amides is 2. The van der Waals surface area contributed by atoms with Gasteiger partial charge in [-0.3, -0.25) is 25.5 Å². The molecule has 2 aromatic carbocycles. The predicted molar refractivity (Wildman–Crippen MR) is 97.7 cm³/mol. The van der Waals surface area contributed by atoms with Gasteiger partial charge in [-0.05, 0) is 44.0 Å². The fourth-order valence-corrected chi connectivity index (χ4v) is 2.51. The van der Waals surface area contributed by atoms with Crippen molar-refractivity contribution in [3.05, 3.63) is 59.3 Å². The van der Waals surface area contributed by atoms with Crippen LogP contribution in [0.5, 0.6) is 5.75 Å². The maximum Gasteiger partial charge on any atom is 0.290 e. The Hall–Kier alpha value is -3.35. The lowest BCUT2D eigenvalue weighted by molar-refractivity contribution is -0.128. The summed E-state index contributed by atoms with van der Waals surface area (Å²) in [5.41, 5.74) is 7.75. The lowest BCUT2D eigenvalue weighted by Gasteiger charge is -2.17. The minimum atomic E-state index is -0.772. The monoisotopic (exact) mass is 352 g/mol. The molecule has 0 saturated carbocycles. The van der Waals surface area contributed by atoms with E-state index < -0.39 is 17.9 Å². The van der Waals surface area contributed by atoms with Gasteiger partial charge in [-0.2, -0.15) is 5.10 Å². The zero-order valence-electron chi connectivity index (χ0n) is 14.8. The maximum absolute atomic E-state index is 12.3. The molecule has 0 aliphatic heterocycles. The lowest BCUT2D eigenvalue weighted by Crippen LogP contribution is -2.47. The number of hydrogen-bond donors (Lipinski definition) is 3. The largest absolute Gasteiger partial charge is 0.481 e. The van der Waals surface area contributed by atoms with Crippen LogP contribution in [-0.2, 0) is 4.79 Å². The Morgan fingerprint density at radius 1 is 1.08 bits per heavy atom. The molecule has 3 N–H and O–H groups in total. The molecular formula is C19H20N4O3. The molecule has 7 nitrogen and oxygen atoms in total. The summed E-state index contributed by atoms with van der Waals surface area (Å²) in [6, 6.07) is 12.9. The van der Waals surface area contributed by atoms with Crippen LogP contribution < -0.4 is 15.6 Å². The lowest BCUT2D eigenvalue weighted by atomic mass is 10.1. The van der Waals surface area contributed by atoms with E-state index in [2.05, 4.69) is 21.0 Å². The van der Waals surface area contributed by atoms with Crippen LogP contribution in [0.3, 0.4) is 0 Å². The van der Waals surface area contributed by atoms with E-state index in [9.17, 15) is 9.59 Å². The first kappa shape index (κ1) is 17.5. The molecule has 0 aliphatic rings. The SMILES string of the molecule is Cc1cccc(O[C@@H](C)C(=O)NNC(=O)c2n[nH]c3ccccc23)c1C. The van der Waals surface area contributed by atoms with Gasteiger partial charge in [-0.25, -0.2) is 0 Å². The summed E-state index contributed by atoms with van der Waals surface area (Å²) in [6.07, 6.45) is -0.772. The molecule has 3 aromatic rings. The number of rotatable bonds is 4. The third-order valence-electron chi connectivity index (χ3n) is 4.21. The van der Waals surface area contributed by atoms with Crippen LogP contribution in [0.2, 0.25) is 0 Å². The van der Waals surface area contributed by atoms with Crippen molar-refractivity contribution < 1.29 is 14.3 Å². The molecule has 0 saturated heterocycles. The molecule has 3 rings (SSSR count). The molecule has 0 radical (unpaired) electrons. The van der Waals surface area contributed by atoms with E-state index in [-0.39, 0.29) is 5.69 Å². The second-order valence-corrected chi connectivity index (χ2v) is 6.02. The molecule has 1 aromatic heterocycles. The second kappa shape index (κ2) is 7.26. The molecule has 26 heavy (non-hydrogen) atoms. The topological polar surface area (TPSA) is 96.1 Å². The minimum absolute atomic E-state index is 0.212. The molecule has 0 spiro atoms. The summed E-state index contributed by atoms with van der Waals surface area (Å²) in [5, 5.41) is 7.44. The number of hydrogen-bond acceptors (Lipinski definition) is 4. The van der Waals surface area contributed by atoms with Crippen LogP contribution >= 0.6 is 0 Å². The van der Waals surface area contributed by atoms with Crippen molar-refractivity contribution in [1.82, 2.24) is 21.0 Å². The summed E-state index contributed by atoms with van der Waals surface area (Å²) in [5.74, 6) is -0.328. The number of para-hydroxylation sites is 1. The standard InChI is InChI=1S/C19H20N4O3/c1-11-7-6-10-16(12(11)2)26-13(3)18(24)22-23-19(25)17-14-8-4-5-9-15(14)20-21-17/h4-10,13H,1-3H3,(H,20,21)(H,22,24)(H,23,25)/t13-/m0/s1. The van der Waals surface area contributed by atoms with E-state index in [1.54, 1.807) is 19.1 Å². The molecule has 134 valence electrons. The van der Waals surface area contributed by atoms with E-state index >= 15 is 0 Å². The Morgan fingerprint density at radius 2 is 1.85 bits per heavy atom. The first-order valence-corrected chi connectivity index (χ1v) is 8.23. The van der Waals surface area contributed by atoms with Crippen LogP contribution in [0.15, 0.2) is 42.5 Å². The summed E-state index contributed by atoms with van der Waals surface area (Å²) in [6.45, 7) is 5.52. The highest BCUT2D eigenvalue weighted by molar-refractivity contribution is 6.05. The van der Waals surface area contributed by atoms with Gasteiger partial charge in [0, 0.05) is 5.39 Å². The Labute approximate surface area is 150 Å². The number of hydrazine groups is 1. The van der Waals surface area contributed by atoms with Crippen molar-refractivity contribution in [2.24, 2.45) is 0 Å². The third kappa shape index (κ3) is 3.51. The van der Waals surface area contributed by atoms with E-state index in [1.165, 1.54) is 0 Å². The summed E-state index contributed by atoms with van der Waals surface area (Å²) in [4.78, 5) is 24.5. The van der Waals surface area contributed by atoms with Gasteiger partial charge in [0.05, 0.1) is 5.52 Å². The minimum Gasteiger partial charge on any atom is -0.481 e. The van der Waals surface area contributed by atoms with Crippen LogP contribution in [0.4, 0.5) is 0 Å².